The van der Waals surface area contributed by atoms with Crippen LogP contribution in [0.4, 0.5) is 33.7 Å². The molecule has 0 radical (unpaired) electrons. The van der Waals surface area contributed by atoms with Crippen molar-refractivity contribution in [2.45, 2.75) is 25.2 Å². The van der Waals surface area contributed by atoms with Crippen LogP contribution in [0.15, 0.2) is 72.9 Å². The summed E-state index contributed by atoms with van der Waals surface area (Å²) in [6, 6.07) is 12.9. The van der Waals surface area contributed by atoms with Crippen LogP contribution in [0.3, 0.4) is 0 Å². The van der Waals surface area contributed by atoms with E-state index >= 15 is 0 Å². The molecule has 40 heavy (non-hydrogen) atoms. The molecule has 0 saturated carbocycles. The van der Waals surface area contributed by atoms with Crippen molar-refractivity contribution in [3.8, 4) is 0 Å². The molecule has 206 valence electrons. The molecule has 0 aliphatic carbocycles. The van der Waals surface area contributed by atoms with Crippen molar-refractivity contribution in [3.63, 3.8) is 0 Å². The maximum atomic E-state index is 14.1. The second-order valence-electron chi connectivity index (χ2n) is 9.09. The maximum absolute atomic E-state index is 14.1. The summed E-state index contributed by atoms with van der Waals surface area (Å²) in [6.07, 6.45) is -2.53. The molecule has 1 fully saturated rings. The largest absolute Gasteiger partial charge is 0.460 e. The van der Waals surface area contributed by atoms with Crippen LogP contribution in [0.2, 0.25) is 0 Å². The van der Waals surface area contributed by atoms with E-state index in [1.54, 1.807) is 24.3 Å². The SMILES string of the molecule is O=C(Nc1ccc(C(F)(F)F)cc1)Nc1cn(C(=O)c2ccccc2COC(=O)C2CCN2)c2ccc(F)cc12. The van der Waals surface area contributed by atoms with Gasteiger partial charge in [0.25, 0.3) is 5.91 Å². The molecule has 0 spiro atoms. The van der Waals surface area contributed by atoms with E-state index in [0.717, 1.165) is 42.9 Å². The first-order chi connectivity index (χ1) is 19.1. The second-order valence-corrected chi connectivity index (χ2v) is 9.09. The number of alkyl halides is 3. The first kappa shape index (κ1) is 26.9. The van der Waals surface area contributed by atoms with E-state index in [9.17, 15) is 31.9 Å². The van der Waals surface area contributed by atoms with Gasteiger partial charge in [-0.2, -0.15) is 13.2 Å². The summed E-state index contributed by atoms with van der Waals surface area (Å²) in [5.74, 6) is -1.54. The fourth-order valence-corrected chi connectivity index (χ4v) is 4.22. The molecular formula is C28H22F4N4O4. The molecular weight excluding hydrogens is 532 g/mol. The highest BCUT2D eigenvalue weighted by Gasteiger charge is 2.30. The van der Waals surface area contributed by atoms with Crippen molar-refractivity contribution in [3.05, 3.63) is 95.4 Å². The van der Waals surface area contributed by atoms with Gasteiger partial charge in [0.15, 0.2) is 0 Å². The highest BCUT2D eigenvalue weighted by molar-refractivity contribution is 6.10. The zero-order chi connectivity index (χ0) is 28.4. The Kier molecular flexibility index (Phi) is 7.26. The number of fused-ring (bicyclic) bond motifs is 1. The van der Waals surface area contributed by atoms with Crippen LogP contribution in [0.25, 0.3) is 10.9 Å². The number of carbonyl (C=O) groups is 3. The quantitative estimate of drug-likeness (QED) is 0.215. The highest BCUT2D eigenvalue weighted by atomic mass is 19.4. The molecule has 4 aromatic rings. The third-order valence-corrected chi connectivity index (χ3v) is 6.43. The Morgan fingerprint density at radius 2 is 1.73 bits per heavy atom. The van der Waals surface area contributed by atoms with Gasteiger partial charge >= 0.3 is 18.2 Å². The normalized spacial score (nSPS) is 14.8. The van der Waals surface area contributed by atoms with E-state index in [1.165, 1.54) is 16.8 Å². The van der Waals surface area contributed by atoms with Gasteiger partial charge in [0.2, 0.25) is 0 Å². The van der Waals surface area contributed by atoms with Crippen LogP contribution in [0, 0.1) is 5.82 Å². The van der Waals surface area contributed by atoms with Crippen molar-refractivity contribution in [2.24, 2.45) is 0 Å². The van der Waals surface area contributed by atoms with Gasteiger partial charge in [0.1, 0.15) is 18.5 Å². The summed E-state index contributed by atoms with van der Waals surface area (Å²) in [5.41, 5.74) is 0.300. The highest BCUT2D eigenvalue weighted by Crippen LogP contribution is 2.31. The lowest BCUT2D eigenvalue weighted by molar-refractivity contribution is -0.149. The second kappa shape index (κ2) is 10.8. The standard InChI is InChI=1S/C28H22F4N4O4/c29-18-7-10-24-21(13-18)23(35-27(39)34-19-8-5-17(6-9-19)28(30,31)32)14-36(24)25(37)20-4-2-1-3-16(20)15-40-26(38)22-11-12-33-22/h1-10,13-14,22,33H,11-12,15H2,(H2,34,35,39). The smallest absolute Gasteiger partial charge is 0.416 e. The molecule has 1 aliphatic heterocycles. The molecule has 2 heterocycles. The average Bonchev–Trinajstić information content (AvgIpc) is 3.23. The van der Waals surface area contributed by atoms with Crippen LogP contribution in [0.5, 0.6) is 0 Å². The lowest BCUT2D eigenvalue weighted by atomic mass is 10.1. The van der Waals surface area contributed by atoms with Gasteiger partial charge in [0, 0.05) is 28.4 Å². The molecule has 1 saturated heterocycles. The summed E-state index contributed by atoms with van der Waals surface area (Å²) in [7, 11) is 0. The summed E-state index contributed by atoms with van der Waals surface area (Å²) >= 11 is 0. The molecule has 12 heteroatoms. The number of aromatic nitrogens is 1. The Balaban J connectivity index is 1.38. The Bertz CT molecular complexity index is 1590. The van der Waals surface area contributed by atoms with E-state index in [1.807, 2.05) is 0 Å². The van der Waals surface area contributed by atoms with Gasteiger partial charge in [-0.3, -0.25) is 14.2 Å². The van der Waals surface area contributed by atoms with Crippen LogP contribution in [0.1, 0.15) is 27.9 Å². The number of nitrogens with one attached hydrogen (secondary N) is 3. The molecule has 3 aromatic carbocycles. The number of benzene rings is 3. The topological polar surface area (TPSA) is 101 Å². The van der Waals surface area contributed by atoms with E-state index in [0.29, 0.717) is 17.5 Å². The van der Waals surface area contributed by atoms with Crippen molar-refractivity contribution >= 4 is 40.2 Å². The number of carbonyl (C=O) groups excluding carboxylic acids is 3. The predicted molar refractivity (Wildman–Crippen MR) is 138 cm³/mol. The molecule has 0 bridgehead atoms. The number of hydrogen-bond donors (Lipinski definition) is 3. The number of rotatable bonds is 6. The zero-order valence-corrected chi connectivity index (χ0v) is 20.7. The Morgan fingerprint density at radius 1 is 1.00 bits per heavy atom. The number of hydrogen-bond acceptors (Lipinski definition) is 5. The predicted octanol–water partition coefficient (Wildman–Crippen LogP) is 5.54. The monoisotopic (exact) mass is 554 g/mol. The third kappa shape index (κ3) is 5.66. The fraction of sp³-hybridized carbons (Fsp3) is 0.179. The number of amides is 2. The van der Waals surface area contributed by atoms with Crippen LogP contribution >= 0.6 is 0 Å². The summed E-state index contributed by atoms with van der Waals surface area (Å²) < 4.78 is 59.2. The van der Waals surface area contributed by atoms with Gasteiger partial charge in [-0.05, 0) is 61.5 Å². The van der Waals surface area contributed by atoms with Gasteiger partial charge in [-0.25, -0.2) is 9.18 Å². The Morgan fingerprint density at radius 3 is 2.40 bits per heavy atom. The minimum Gasteiger partial charge on any atom is -0.460 e. The summed E-state index contributed by atoms with van der Waals surface area (Å²) in [5, 5.41) is 8.11. The van der Waals surface area contributed by atoms with Crippen LogP contribution < -0.4 is 16.0 Å². The lowest BCUT2D eigenvalue weighted by Crippen LogP contribution is -2.49. The van der Waals surface area contributed by atoms with E-state index < -0.39 is 35.5 Å². The fourth-order valence-electron chi connectivity index (χ4n) is 4.22. The maximum Gasteiger partial charge on any atom is 0.416 e. The molecule has 5 rings (SSSR count). The first-order valence-corrected chi connectivity index (χ1v) is 12.2. The average molecular weight is 555 g/mol. The minimum absolute atomic E-state index is 0.0900. The molecule has 1 aliphatic rings. The van der Waals surface area contributed by atoms with Gasteiger partial charge in [0.05, 0.1) is 16.8 Å². The first-order valence-electron chi connectivity index (χ1n) is 12.2. The van der Waals surface area contributed by atoms with E-state index in [4.69, 9.17) is 4.74 Å². The Labute approximate surface area is 224 Å². The molecule has 1 atom stereocenters. The van der Waals surface area contributed by atoms with Crippen molar-refractivity contribution in [1.29, 1.82) is 0 Å². The van der Waals surface area contributed by atoms with Crippen molar-refractivity contribution in [1.82, 2.24) is 9.88 Å². The van der Waals surface area contributed by atoms with Gasteiger partial charge in [-0.15, -0.1) is 0 Å². The van der Waals surface area contributed by atoms with Crippen molar-refractivity contribution in [2.75, 3.05) is 17.2 Å². The number of halogens is 4. The molecule has 3 N–H and O–H groups in total. The number of nitrogens with zero attached hydrogens (tertiary/aromatic N) is 1. The number of esters is 1. The number of anilines is 2. The van der Waals surface area contributed by atoms with Crippen LogP contribution in [-0.2, 0) is 22.3 Å². The van der Waals surface area contributed by atoms with Gasteiger partial charge < -0.3 is 20.7 Å². The minimum atomic E-state index is -4.52. The molecule has 1 unspecified atom stereocenters. The van der Waals surface area contributed by atoms with Gasteiger partial charge in [-0.1, -0.05) is 18.2 Å². The number of ether oxygens (including phenoxy) is 1. The number of urea groups is 1. The van der Waals surface area contributed by atoms with Crippen LogP contribution in [-0.4, -0.2) is 35.1 Å². The Hall–Kier alpha value is -4.71. The zero-order valence-electron chi connectivity index (χ0n) is 20.7. The molecule has 1 aromatic heterocycles. The van der Waals surface area contributed by atoms with Crippen molar-refractivity contribution < 1.29 is 36.7 Å². The molecule has 2 amide bonds. The summed E-state index contributed by atoms with van der Waals surface area (Å²) in [4.78, 5) is 38.4. The molecule has 8 nitrogen and oxygen atoms in total. The summed E-state index contributed by atoms with van der Waals surface area (Å²) in [6.45, 7) is 0.599. The third-order valence-electron chi connectivity index (χ3n) is 6.43. The van der Waals surface area contributed by atoms with E-state index in [-0.39, 0.29) is 35.0 Å². The lowest BCUT2D eigenvalue weighted by Gasteiger charge is -2.25. The van der Waals surface area contributed by atoms with E-state index in [2.05, 4.69) is 16.0 Å².